The summed E-state index contributed by atoms with van der Waals surface area (Å²) in [5.74, 6) is 0.0618. The molecule has 5 heteroatoms. The van der Waals surface area contributed by atoms with Crippen LogP contribution in [0.2, 0.25) is 0 Å². The fourth-order valence-electron chi connectivity index (χ4n) is 2.17. The molecule has 0 saturated heterocycles. The van der Waals surface area contributed by atoms with Gasteiger partial charge < -0.3 is 4.74 Å². The quantitative estimate of drug-likeness (QED) is 0.638. The van der Waals surface area contributed by atoms with Crippen LogP contribution >= 0.6 is 15.9 Å². The minimum absolute atomic E-state index is 0.376. The molecule has 0 bridgehead atoms. The number of carbonyl (C=O) groups is 1. The number of hydrogen-bond acceptors (Lipinski definition) is 4. The van der Waals surface area contributed by atoms with Gasteiger partial charge in [0.2, 0.25) is 0 Å². The van der Waals surface area contributed by atoms with Crippen LogP contribution in [-0.2, 0) is 4.79 Å². The van der Waals surface area contributed by atoms with Crippen molar-refractivity contribution in [3.8, 4) is 28.3 Å². The number of rotatable bonds is 3. The van der Waals surface area contributed by atoms with Crippen molar-refractivity contribution in [3.63, 3.8) is 0 Å². The highest BCUT2D eigenvalue weighted by atomic mass is 79.9. The van der Waals surface area contributed by atoms with Crippen molar-refractivity contribution in [1.82, 2.24) is 9.97 Å². The maximum absolute atomic E-state index is 11.3. The first kappa shape index (κ1) is 15.4. The predicted octanol–water partition coefficient (Wildman–Crippen LogP) is 4.50. The number of hydrogen-bond donors (Lipinski definition) is 0. The molecule has 0 N–H and O–H groups in total. The van der Waals surface area contributed by atoms with Crippen LogP contribution in [0, 0.1) is 0 Å². The molecule has 0 aliphatic carbocycles. The van der Waals surface area contributed by atoms with Gasteiger partial charge in [0.15, 0.2) is 5.75 Å². The van der Waals surface area contributed by atoms with Gasteiger partial charge in [-0.25, -0.2) is 4.98 Å². The van der Waals surface area contributed by atoms with Gasteiger partial charge in [0.1, 0.15) is 5.69 Å². The molecule has 23 heavy (non-hydrogen) atoms. The molecule has 0 radical (unpaired) electrons. The van der Waals surface area contributed by atoms with Gasteiger partial charge in [-0.3, -0.25) is 9.78 Å². The van der Waals surface area contributed by atoms with Gasteiger partial charge in [-0.1, -0.05) is 28.1 Å². The lowest BCUT2D eigenvalue weighted by Crippen LogP contribution is -2.04. The first-order valence-electron chi connectivity index (χ1n) is 6.99. The lowest BCUT2D eigenvalue weighted by molar-refractivity contribution is -0.131. The van der Waals surface area contributed by atoms with Crippen LogP contribution in [0.4, 0.5) is 0 Å². The summed E-state index contributed by atoms with van der Waals surface area (Å²) in [5, 5.41) is 0. The minimum atomic E-state index is -0.376. The van der Waals surface area contributed by atoms with Crippen molar-refractivity contribution in [2.45, 2.75) is 6.92 Å². The van der Waals surface area contributed by atoms with E-state index in [-0.39, 0.29) is 5.97 Å². The number of aromatic nitrogens is 2. The van der Waals surface area contributed by atoms with E-state index in [1.807, 2.05) is 42.5 Å². The van der Waals surface area contributed by atoms with Crippen LogP contribution in [0.1, 0.15) is 6.92 Å². The molecule has 1 aromatic carbocycles. The maximum Gasteiger partial charge on any atom is 0.308 e. The molecule has 114 valence electrons. The molecule has 0 aliphatic heterocycles. The number of ether oxygens (including phenoxy) is 1. The molecule has 0 amide bonds. The van der Waals surface area contributed by atoms with Crippen molar-refractivity contribution in [1.29, 1.82) is 0 Å². The van der Waals surface area contributed by atoms with Gasteiger partial charge in [0, 0.05) is 34.9 Å². The lowest BCUT2D eigenvalue weighted by atomic mass is 10.1. The Morgan fingerprint density at radius 1 is 1.04 bits per heavy atom. The van der Waals surface area contributed by atoms with E-state index in [0.29, 0.717) is 11.4 Å². The molecule has 3 aromatic rings. The summed E-state index contributed by atoms with van der Waals surface area (Å²) in [5.41, 5.74) is 3.16. The molecule has 0 fully saturated rings. The van der Waals surface area contributed by atoms with Gasteiger partial charge in [0.05, 0.1) is 5.69 Å². The molecule has 4 nitrogen and oxygen atoms in total. The van der Waals surface area contributed by atoms with Gasteiger partial charge in [-0.2, -0.15) is 0 Å². The number of pyridine rings is 2. The van der Waals surface area contributed by atoms with Crippen LogP contribution in [-0.4, -0.2) is 15.9 Å². The second kappa shape index (κ2) is 6.71. The predicted molar refractivity (Wildman–Crippen MR) is 91.9 cm³/mol. The Balaban J connectivity index is 2.12. The zero-order valence-electron chi connectivity index (χ0n) is 12.4. The van der Waals surface area contributed by atoms with Gasteiger partial charge >= 0.3 is 5.97 Å². The Morgan fingerprint density at radius 2 is 1.83 bits per heavy atom. The Hall–Kier alpha value is -2.53. The highest BCUT2D eigenvalue weighted by Crippen LogP contribution is 2.32. The van der Waals surface area contributed by atoms with Crippen molar-refractivity contribution in [2.24, 2.45) is 0 Å². The zero-order chi connectivity index (χ0) is 16.2. The zero-order valence-corrected chi connectivity index (χ0v) is 13.9. The van der Waals surface area contributed by atoms with Gasteiger partial charge in [-0.05, 0) is 36.4 Å². The summed E-state index contributed by atoms with van der Waals surface area (Å²) in [6.45, 7) is 1.38. The summed E-state index contributed by atoms with van der Waals surface area (Å²) in [6, 6.07) is 15.1. The van der Waals surface area contributed by atoms with Crippen LogP contribution in [0.5, 0.6) is 5.75 Å². The molecule has 3 rings (SSSR count). The standard InChI is InChI=1S/C18H13BrN2O2/c1-12(22)23-17-9-8-16(14-3-2-10-20-11-14)21-18(17)13-4-6-15(19)7-5-13/h2-11H,1H3. The van der Waals surface area contributed by atoms with E-state index in [9.17, 15) is 4.79 Å². The molecular weight excluding hydrogens is 356 g/mol. The van der Waals surface area contributed by atoms with Gasteiger partial charge in [-0.15, -0.1) is 0 Å². The number of esters is 1. The third kappa shape index (κ3) is 3.63. The highest BCUT2D eigenvalue weighted by molar-refractivity contribution is 9.10. The minimum Gasteiger partial charge on any atom is -0.424 e. The van der Waals surface area contributed by atoms with Gasteiger partial charge in [0.25, 0.3) is 0 Å². The second-order valence-electron chi connectivity index (χ2n) is 4.89. The molecule has 0 saturated carbocycles. The van der Waals surface area contributed by atoms with Crippen molar-refractivity contribution >= 4 is 21.9 Å². The van der Waals surface area contributed by atoms with E-state index in [4.69, 9.17) is 4.74 Å². The fourth-order valence-corrected chi connectivity index (χ4v) is 2.44. The topological polar surface area (TPSA) is 52.1 Å². The largest absolute Gasteiger partial charge is 0.424 e. The second-order valence-corrected chi connectivity index (χ2v) is 5.80. The van der Waals surface area contributed by atoms with E-state index in [1.165, 1.54) is 6.92 Å². The Kier molecular flexibility index (Phi) is 4.48. The highest BCUT2D eigenvalue weighted by Gasteiger charge is 2.12. The molecule has 2 heterocycles. The van der Waals surface area contributed by atoms with Crippen molar-refractivity contribution in [3.05, 3.63) is 65.4 Å². The molecule has 0 atom stereocenters. The average Bonchev–Trinajstić information content (AvgIpc) is 2.56. The monoisotopic (exact) mass is 368 g/mol. The summed E-state index contributed by atoms with van der Waals surface area (Å²) in [4.78, 5) is 20.1. The van der Waals surface area contributed by atoms with E-state index in [0.717, 1.165) is 21.3 Å². The fraction of sp³-hybridized carbons (Fsp3) is 0.0556. The smallest absolute Gasteiger partial charge is 0.308 e. The third-order valence-corrected chi connectivity index (χ3v) is 3.72. The number of halogens is 1. The SMILES string of the molecule is CC(=O)Oc1ccc(-c2cccnc2)nc1-c1ccc(Br)cc1. The van der Waals surface area contributed by atoms with E-state index >= 15 is 0 Å². The maximum atomic E-state index is 11.3. The lowest BCUT2D eigenvalue weighted by Gasteiger charge is -2.11. The summed E-state index contributed by atoms with van der Waals surface area (Å²) < 4.78 is 6.26. The number of nitrogens with zero attached hydrogens (tertiary/aromatic N) is 2. The van der Waals surface area contributed by atoms with Crippen LogP contribution in [0.3, 0.4) is 0 Å². The molecule has 2 aromatic heterocycles. The number of carbonyl (C=O) groups excluding carboxylic acids is 1. The average molecular weight is 369 g/mol. The normalized spacial score (nSPS) is 10.3. The molecule has 0 aliphatic rings. The van der Waals surface area contributed by atoms with E-state index in [1.54, 1.807) is 18.5 Å². The number of benzene rings is 1. The van der Waals surface area contributed by atoms with Crippen LogP contribution < -0.4 is 4.74 Å². The van der Waals surface area contributed by atoms with E-state index in [2.05, 4.69) is 25.9 Å². The molecular formula is C18H13BrN2O2. The summed E-state index contributed by atoms with van der Waals surface area (Å²) in [6.07, 6.45) is 3.46. The Morgan fingerprint density at radius 3 is 2.48 bits per heavy atom. The first-order chi connectivity index (χ1) is 11.1. The molecule has 0 unspecified atom stereocenters. The first-order valence-corrected chi connectivity index (χ1v) is 7.78. The third-order valence-electron chi connectivity index (χ3n) is 3.19. The Labute approximate surface area is 142 Å². The summed E-state index contributed by atoms with van der Waals surface area (Å²) >= 11 is 3.41. The summed E-state index contributed by atoms with van der Waals surface area (Å²) in [7, 11) is 0. The Bertz CT molecular complexity index is 833. The van der Waals surface area contributed by atoms with Crippen molar-refractivity contribution < 1.29 is 9.53 Å². The van der Waals surface area contributed by atoms with E-state index < -0.39 is 0 Å². The van der Waals surface area contributed by atoms with Crippen molar-refractivity contribution in [2.75, 3.05) is 0 Å². The van der Waals surface area contributed by atoms with Crippen LogP contribution in [0.15, 0.2) is 65.4 Å². The molecule has 0 spiro atoms. The van der Waals surface area contributed by atoms with Crippen LogP contribution in [0.25, 0.3) is 22.5 Å².